The average molecular weight is 118 g/mol. The van der Waals surface area contributed by atoms with Crippen molar-refractivity contribution in [3.05, 3.63) is 0 Å². The molecule has 1 rings (SSSR count). The third-order valence-corrected chi connectivity index (χ3v) is 1.93. The van der Waals surface area contributed by atoms with E-state index < -0.39 is 0 Å². The highest BCUT2D eigenvalue weighted by Gasteiger charge is 2.06. The van der Waals surface area contributed by atoms with Gasteiger partial charge in [0.1, 0.15) is 0 Å². The van der Waals surface area contributed by atoms with Crippen LogP contribution in [0.3, 0.4) is 0 Å². The summed E-state index contributed by atoms with van der Waals surface area (Å²) in [5, 5.41) is 0. The molecule has 1 saturated heterocycles. The van der Waals surface area contributed by atoms with Gasteiger partial charge in [0, 0.05) is 0 Å². The predicted octanol–water partition coefficient (Wildman–Crippen LogP) is 1.49. The van der Waals surface area contributed by atoms with Gasteiger partial charge in [-0.1, -0.05) is 0 Å². The van der Waals surface area contributed by atoms with E-state index in [-0.39, 0.29) is 0 Å². The minimum Gasteiger partial charge on any atom is -0.368 e. The molecule has 0 N–H and O–H groups in total. The molecule has 7 heavy (non-hydrogen) atoms. The second-order valence-corrected chi connectivity index (χ2v) is 2.84. The molecular weight excluding hydrogens is 108 g/mol. The van der Waals surface area contributed by atoms with Gasteiger partial charge < -0.3 is 4.74 Å². The summed E-state index contributed by atoms with van der Waals surface area (Å²) in [7, 11) is 0. The van der Waals surface area contributed by atoms with Gasteiger partial charge >= 0.3 is 0 Å². The van der Waals surface area contributed by atoms with Crippen LogP contribution in [0.1, 0.15) is 13.3 Å². The molecule has 1 nitrogen and oxygen atoms in total. The van der Waals surface area contributed by atoms with Gasteiger partial charge in [0.05, 0.1) is 12.0 Å². The highest BCUT2D eigenvalue weighted by atomic mass is 32.2. The molecule has 0 bridgehead atoms. The van der Waals surface area contributed by atoms with Crippen LogP contribution in [0.2, 0.25) is 0 Å². The normalized spacial score (nSPS) is 33.0. The van der Waals surface area contributed by atoms with Crippen LogP contribution >= 0.6 is 11.8 Å². The molecule has 42 valence electrons. The van der Waals surface area contributed by atoms with Crippen molar-refractivity contribution in [2.45, 2.75) is 19.4 Å². The minimum absolute atomic E-state index is 0.515. The van der Waals surface area contributed by atoms with E-state index in [9.17, 15) is 0 Å². The van der Waals surface area contributed by atoms with Gasteiger partial charge in [-0.2, -0.15) is 0 Å². The maximum Gasteiger partial charge on any atom is 0.0924 e. The Morgan fingerprint density at radius 2 is 2.57 bits per heavy atom. The molecular formula is C5H10OS. The molecule has 0 saturated carbocycles. The number of hydrogen-bond acceptors (Lipinski definition) is 2. The van der Waals surface area contributed by atoms with E-state index >= 15 is 0 Å². The fraction of sp³-hybridized carbons (Fsp3) is 1.00. The van der Waals surface area contributed by atoms with Crippen LogP contribution in [0.4, 0.5) is 0 Å². The fourth-order valence-corrected chi connectivity index (χ4v) is 1.50. The zero-order valence-electron chi connectivity index (χ0n) is 4.52. The number of thioether (sulfide) groups is 1. The van der Waals surface area contributed by atoms with Crippen molar-refractivity contribution in [2.75, 3.05) is 11.7 Å². The average Bonchev–Trinajstić information content (AvgIpc) is 1.69. The molecule has 2 heteroatoms. The van der Waals surface area contributed by atoms with Gasteiger partial charge in [-0.3, -0.25) is 0 Å². The zero-order valence-corrected chi connectivity index (χ0v) is 5.33. The Labute approximate surface area is 48.4 Å². The highest BCUT2D eigenvalue weighted by molar-refractivity contribution is 7.99. The first-order chi connectivity index (χ1) is 3.39. The van der Waals surface area contributed by atoms with Crippen LogP contribution in [0.15, 0.2) is 0 Å². The lowest BCUT2D eigenvalue weighted by Gasteiger charge is -2.16. The standard InChI is InChI=1S/C5H10OS/c1-5-2-3-7-4-6-5/h5H,2-4H2,1H3. The lowest BCUT2D eigenvalue weighted by Crippen LogP contribution is -2.13. The summed E-state index contributed by atoms with van der Waals surface area (Å²) < 4.78 is 5.24. The summed E-state index contributed by atoms with van der Waals surface area (Å²) in [6.45, 7) is 2.12. The Morgan fingerprint density at radius 1 is 1.71 bits per heavy atom. The first kappa shape index (κ1) is 5.45. The van der Waals surface area contributed by atoms with Crippen molar-refractivity contribution in [2.24, 2.45) is 0 Å². The van der Waals surface area contributed by atoms with Crippen molar-refractivity contribution < 1.29 is 4.74 Å². The summed E-state index contributed by atoms with van der Waals surface area (Å²) in [4.78, 5) is 0. The maximum atomic E-state index is 5.24. The molecule has 0 aromatic rings. The third-order valence-electron chi connectivity index (χ3n) is 1.10. The molecule has 1 heterocycles. The first-order valence-electron chi connectivity index (χ1n) is 2.59. The van der Waals surface area contributed by atoms with Crippen LogP contribution in [0.5, 0.6) is 0 Å². The van der Waals surface area contributed by atoms with E-state index in [4.69, 9.17) is 4.74 Å². The van der Waals surface area contributed by atoms with Gasteiger partial charge in [-0.05, 0) is 19.1 Å². The molecule has 0 radical (unpaired) electrons. The van der Waals surface area contributed by atoms with Crippen LogP contribution in [-0.2, 0) is 4.74 Å². The van der Waals surface area contributed by atoms with E-state index in [0.29, 0.717) is 6.10 Å². The summed E-state index contributed by atoms with van der Waals surface area (Å²) in [6.07, 6.45) is 1.74. The Balaban J connectivity index is 2.12. The highest BCUT2D eigenvalue weighted by Crippen LogP contribution is 2.14. The number of rotatable bonds is 0. The molecule has 0 amide bonds. The molecule has 0 spiro atoms. The molecule has 0 aromatic carbocycles. The largest absolute Gasteiger partial charge is 0.368 e. The number of ether oxygens (including phenoxy) is 1. The Kier molecular flexibility index (Phi) is 2.00. The van der Waals surface area contributed by atoms with Crippen molar-refractivity contribution in [1.29, 1.82) is 0 Å². The third kappa shape index (κ3) is 1.70. The quantitative estimate of drug-likeness (QED) is 0.476. The molecule has 1 unspecified atom stereocenters. The smallest absolute Gasteiger partial charge is 0.0924 e. The SMILES string of the molecule is CC1CCSCO1. The van der Waals surface area contributed by atoms with E-state index in [1.54, 1.807) is 0 Å². The first-order valence-corrected chi connectivity index (χ1v) is 3.74. The van der Waals surface area contributed by atoms with Crippen molar-refractivity contribution in [3.8, 4) is 0 Å². The summed E-state index contributed by atoms with van der Waals surface area (Å²) in [5.41, 5.74) is 0. The maximum absolute atomic E-state index is 5.24. The molecule has 1 aliphatic heterocycles. The topological polar surface area (TPSA) is 9.23 Å². The predicted molar refractivity (Wildman–Crippen MR) is 32.5 cm³/mol. The number of hydrogen-bond donors (Lipinski definition) is 0. The lowest BCUT2D eigenvalue weighted by molar-refractivity contribution is 0.0959. The Bertz CT molecular complexity index is 50.0. The van der Waals surface area contributed by atoms with Crippen LogP contribution in [0, 0.1) is 0 Å². The van der Waals surface area contributed by atoms with Crippen molar-refractivity contribution in [1.82, 2.24) is 0 Å². The molecule has 0 aliphatic carbocycles. The van der Waals surface area contributed by atoms with Crippen LogP contribution in [0.25, 0.3) is 0 Å². The fourth-order valence-electron chi connectivity index (χ4n) is 0.556. The summed E-state index contributed by atoms with van der Waals surface area (Å²) in [6, 6.07) is 0. The second kappa shape index (κ2) is 2.58. The Hall–Kier alpha value is 0.310. The van der Waals surface area contributed by atoms with E-state index in [1.165, 1.54) is 12.2 Å². The lowest BCUT2D eigenvalue weighted by atomic mass is 10.3. The van der Waals surface area contributed by atoms with Gasteiger partial charge in [0.25, 0.3) is 0 Å². The van der Waals surface area contributed by atoms with Gasteiger partial charge in [0.2, 0.25) is 0 Å². The van der Waals surface area contributed by atoms with Gasteiger partial charge in [0.15, 0.2) is 0 Å². The van der Waals surface area contributed by atoms with Crippen LogP contribution in [-0.4, -0.2) is 17.8 Å². The van der Waals surface area contributed by atoms with Crippen molar-refractivity contribution >= 4 is 11.8 Å². The van der Waals surface area contributed by atoms with E-state index in [0.717, 1.165) is 5.94 Å². The zero-order chi connectivity index (χ0) is 5.11. The molecule has 1 aliphatic rings. The van der Waals surface area contributed by atoms with E-state index in [1.807, 2.05) is 11.8 Å². The van der Waals surface area contributed by atoms with Gasteiger partial charge in [-0.15, -0.1) is 11.8 Å². The summed E-state index contributed by atoms with van der Waals surface area (Å²) >= 11 is 1.88. The van der Waals surface area contributed by atoms with E-state index in [2.05, 4.69) is 6.92 Å². The van der Waals surface area contributed by atoms with Crippen LogP contribution < -0.4 is 0 Å². The Morgan fingerprint density at radius 3 is 2.86 bits per heavy atom. The van der Waals surface area contributed by atoms with Gasteiger partial charge in [-0.25, -0.2) is 0 Å². The second-order valence-electron chi connectivity index (χ2n) is 1.79. The summed E-state index contributed by atoms with van der Waals surface area (Å²) in [5.74, 6) is 2.18. The van der Waals surface area contributed by atoms with Crippen molar-refractivity contribution in [3.63, 3.8) is 0 Å². The molecule has 1 atom stereocenters. The molecule has 0 aromatic heterocycles. The minimum atomic E-state index is 0.515. The molecule has 1 fully saturated rings. The monoisotopic (exact) mass is 118 g/mol.